The first kappa shape index (κ1) is 15.3. The van der Waals surface area contributed by atoms with Gasteiger partial charge in [0.15, 0.2) is 23.4 Å². The molecule has 5 nitrogen and oxygen atoms in total. The molecule has 0 saturated carbocycles. The van der Waals surface area contributed by atoms with Gasteiger partial charge in [-0.25, -0.2) is 0 Å². The summed E-state index contributed by atoms with van der Waals surface area (Å²) in [7, 11) is 0. The number of carbonyl (C=O) groups excluding carboxylic acids is 1. The molecule has 3 rings (SSSR count). The van der Waals surface area contributed by atoms with E-state index in [1.165, 1.54) is 5.56 Å². The molecule has 2 heterocycles. The molecule has 0 aliphatic carbocycles. The van der Waals surface area contributed by atoms with Gasteiger partial charge < -0.3 is 14.8 Å². The van der Waals surface area contributed by atoms with Crippen molar-refractivity contribution in [3.8, 4) is 11.5 Å². The minimum atomic E-state index is -0.299. The molecule has 1 atom stereocenters. The zero-order valence-electron chi connectivity index (χ0n) is 13.6. The Balaban J connectivity index is 1.77. The highest BCUT2D eigenvalue weighted by molar-refractivity contribution is 5.92. The monoisotopic (exact) mass is 313 g/mol. The Morgan fingerprint density at radius 3 is 2.83 bits per heavy atom. The standard InChI is InChI=1S/C18H20N2O3/c1-4-14-6-5-12(2)20(10-14)13(3)18(21)19-15-7-8-16-17(9-15)23-11-22-16/h5-10,13H,4,11H2,1-3H3/p+1/t13-/m0/s1. The first-order valence-electron chi connectivity index (χ1n) is 7.79. The molecular formula is C18H21N2O3+. The number of hydrogen-bond acceptors (Lipinski definition) is 3. The molecule has 1 N–H and O–H groups in total. The number of aromatic nitrogens is 1. The van der Waals surface area contributed by atoms with Gasteiger partial charge in [-0.15, -0.1) is 0 Å². The van der Waals surface area contributed by atoms with E-state index in [0.29, 0.717) is 17.2 Å². The normalized spacial score (nSPS) is 13.7. The first-order valence-corrected chi connectivity index (χ1v) is 7.79. The number of pyridine rings is 1. The molecule has 120 valence electrons. The van der Waals surface area contributed by atoms with Gasteiger partial charge in [0.25, 0.3) is 5.91 Å². The SMILES string of the molecule is CCc1ccc(C)[n+]([C@@H](C)C(=O)Nc2ccc3c(c2)OCO3)c1. The van der Waals surface area contributed by atoms with Gasteiger partial charge in [-0.3, -0.25) is 4.79 Å². The van der Waals surface area contributed by atoms with Gasteiger partial charge in [0, 0.05) is 37.2 Å². The number of hydrogen-bond donors (Lipinski definition) is 1. The van der Waals surface area contributed by atoms with E-state index >= 15 is 0 Å². The maximum absolute atomic E-state index is 12.6. The van der Waals surface area contributed by atoms with Crippen molar-refractivity contribution in [3.63, 3.8) is 0 Å². The third-order valence-electron chi connectivity index (χ3n) is 4.10. The van der Waals surface area contributed by atoms with Crippen molar-refractivity contribution in [2.24, 2.45) is 0 Å². The van der Waals surface area contributed by atoms with Crippen molar-refractivity contribution in [3.05, 3.63) is 47.8 Å². The van der Waals surface area contributed by atoms with Crippen LogP contribution in [0.1, 0.15) is 31.1 Å². The van der Waals surface area contributed by atoms with Crippen molar-refractivity contribution < 1.29 is 18.8 Å². The molecule has 1 amide bonds. The molecular weight excluding hydrogens is 292 g/mol. The lowest BCUT2D eigenvalue weighted by molar-refractivity contribution is -0.711. The Morgan fingerprint density at radius 1 is 1.26 bits per heavy atom. The Bertz CT molecular complexity index is 743. The molecule has 1 aliphatic heterocycles. The quantitative estimate of drug-likeness (QED) is 0.883. The fraction of sp³-hybridized carbons (Fsp3) is 0.333. The van der Waals surface area contributed by atoms with E-state index in [9.17, 15) is 4.79 Å². The van der Waals surface area contributed by atoms with Gasteiger partial charge in [-0.05, 0) is 24.6 Å². The number of benzene rings is 1. The largest absolute Gasteiger partial charge is 0.454 e. The maximum Gasteiger partial charge on any atom is 0.293 e. The molecule has 2 aromatic rings. The van der Waals surface area contributed by atoms with Crippen molar-refractivity contribution >= 4 is 11.6 Å². The van der Waals surface area contributed by atoms with Gasteiger partial charge >= 0.3 is 0 Å². The zero-order valence-corrected chi connectivity index (χ0v) is 13.6. The fourth-order valence-electron chi connectivity index (χ4n) is 2.61. The van der Waals surface area contributed by atoms with E-state index in [2.05, 4.69) is 18.3 Å². The molecule has 1 aromatic heterocycles. The third-order valence-corrected chi connectivity index (χ3v) is 4.10. The number of nitrogens with one attached hydrogen (secondary N) is 1. The second kappa shape index (κ2) is 6.28. The van der Waals surface area contributed by atoms with Crippen LogP contribution < -0.4 is 19.4 Å². The lowest BCUT2D eigenvalue weighted by atomic mass is 10.1. The van der Waals surface area contributed by atoms with Crippen molar-refractivity contribution in [1.82, 2.24) is 0 Å². The van der Waals surface area contributed by atoms with Crippen LogP contribution in [0.15, 0.2) is 36.5 Å². The molecule has 0 saturated heterocycles. The van der Waals surface area contributed by atoms with E-state index in [1.807, 2.05) is 36.7 Å². The highest BCUT2D eigenvalue weighted by Gasteiger charge is 2.25. The molecule has 0 spiro atoms. The Labute approximate surface area is 135 Å². The summed E-state index contributed by atoms with van der Waals surface area (Å²) in [5.41, 5.74) is 2.96. The molecule has 5 heteroatoms. The van der Waals surface area contributed by atoms with Crippen LogP contribution in [0.5, 0.6) is 11.5 Å². The topological polar surface area (TPSA) is 51.4 Å². The first-order chi connectivity index (χ1) is 11.1. The Morgan fingerprint density at radius 2 is 2.04 bits per heavy atom. The van der Waals surface area contributed by atoms with E-state index < -0.39 is 0 Å². The molecule has 0 unspecified atom stereocenters. The van der Waals surface area contributed by atoms with Crippen LogP contribution >= 0.6 is 0 Å². The summed E-state index contributed by atoms with van der Waals surface area (Å²) in [4.78, 5) is 12.6. The molecule has 0 fully saturated rings. The summed E-state index contributed by atoms with van der Waals surface area (Å²) in [6.07, 6.45) is 2.98. The van der Waals surface area contributed by atoms with Gasteiger partial charge in [-0.2, -0.15) is 4.57 Å². The number of anilines is 1. The number of fused-ring (bicyclic) bond motifs is 1. The van der Waals surface area contributed by atoms with E-state index in [-0.39, 0.29) is 18.7 Å². The smallest absolute Gasteiger partial charge is 0.293 e. The van der Waals surface area contributed by atoms with Gasteiger partial charge in [-0.1, -0.05) is 6.92 Å². The van der Waals surface area contributed by atoms with Crippen molar-refractivity contribution in [2.45, 2.75) is 33.2 Å². The lowest BCUT2D eigenvalue weighted by Gasteiger charge is -2.11. The maximum atomic E-state index is 12.6. The van der Waals surface area contributed by atoms with Crippen LogP contribution in [0, 0.1) is 6.92 Å². The molecule has 0 radical (unpaired) electrons. The summed E-state index contributed by atoms with van der Waals surface area (Å²) >= 11 is 0. The van der Waals surface area contributed by atoms with Gasteiger partial charge in [0.05, 0.1) is 0 Å². The molecule has 1 aliphatic rings. The number of aryl methyl sites for hydroxylation is 2. The average Bonchev–Trinajstić information content (AvgIpc) is 3.02. The second-order valence-electron chi connectivity index (χ2n) is 5.67. The molecule has 0 bridgehead atoms. The number of rotatable bonds is 4. The number of carbonyl (C=O) groups is 1. The predicted octanol–water partition coefficient (Wildman–Crippen LogP) is 2.77. The predicted molar refractivity (Wildman–Crippen MR) is 86.7 cm³/mol. The highest BCUT2D eigenvalue weighted by atomic mass is 16.7. The van der Waals surface area contributed by atoms with Crippen LogP contribution in [-0.4, -0.2) is 12.7 Å². The summed E-state index contributed by atoms with van der Waals surface area (Å²) in [5, 5.41) is 2.94. The van der Waals surface area contributed by atoms with Crippen molar-refractivity contribution in [2.75, 3.05) is 12.1 Å². The molecule has 1 aromatic carbocycles. The second-order valence-corrected chi connectivity index (χ2v) is 5.67. The number of amides is 1. The van der Waals surface area contributed by atoms with Crippen LogP contribution in [0.3, 0.4) is 0 Å². The molecule has 23 heavy (non-hydrogen) atoms. The number of nitrogens with zero attached hydrogens (tertiary/aromatic N) is 1. The third kappa shape index (κ3) is 3.13. The summed E-state index contributed by atoms with van der Waals surface area (Å²) < 4.78 is 12.6. The van der Waals surface area contributed by atoms with Crippen LogP contribution in [-0.2, 0) is 11.2 Å². The lowest BCUT2D eigenvalue weighted by Crippen LogP contribution is -2.47. The fourth-order valence-corrected chi connectivity index (χ4v) is 2.61. The number of ether oxygens (including phenoxy) is 2. The van der Waals surface area contributed by atoms with E-state index in [0.717, 1.165) is 12.1 Å². The van der Waals surface area contributed by atoms with Crippen LogP contribution in [0.4, 0.5) is 5.69 Å². The minimum absolute atomic E-state index is 0.0646. The van der Waals surface area contributed by atoms with Crippen LogP contribution in [0.2, 0.25) is 0 Å². The Kier molecular flexibility index (Phi) is 4.19. The summed E-state index contributed by atoms with van der Waals surface area (Å²) in [6, 6.07) is 9.24. The Hall–Kier alpha value is -2.56. The van der Waals surface area contributed by atoms with E-state index in [1.54, 1.807) is 12.1 Å². The van der Waals surface area contributed by atoms with Gasteiger partial charge in [0.1, 0.15) is 0 Å². The van der Waals surface area contributed by atoms with Crippen LogP contribution in [0.25, 0.3) is 0 Å². The van der Waals surface area contributed by atoms with Gasteiger partial charge in [0.2, 0.25) is 12.8 Å². The zero-order chi connectivity index (χ0) is 16.4. The average molecular weight is 313 g/mol. The van der Waals surface area contributed by atoms with Crippen molar-refractivity contribution in [1.29, 1.82) is 0 Å². The summed E-state index contributed by atoms with van der Waals surface area (Å²) in [6.45, 7) is 6.23. The van der Waals surface area contributed by atoms with E-state index in [4.69, 9.17) is 9.47 Å². The summed E-state index contributed by atoms with van der Waals surface area (Å²) in [5.74, 6) is 1.30. The highest BCUT2D eigenvalue weighted by Crippen LogP contribution is 2.34. The minimum Gasteiger partial charge on any atom is -0.454 e.